The lowest BCUT2D eigenvalue weighted by molar-refractivity contribution is -0.159. The maximum atomic E-state index is 15.9. The molecule has 3 saturated carbocycles. The summed E-state index contributed by atoms with van der Waals surface area (Å²) in [6, 6.07) is 0. The summed E-state index contributed by atoms with van der Waals surface area (Å²) in [5, 5.41) is 0. The highest BCUT2D eigenvalue weighted by molar-refractivity contribution is 9.10. The summed E-state index contributed by atoms with van der Waals surface area (Å²) in [5.41, 5.74) is 0.516. The minimum atomic E-state index is -1.02. The van der Waals surface area contributed by atoms with Crippen molar-refractivity contribution in [2.24, 2.45) is 22.7 Å². The van der Waals surface area contributed by atoms with E-state index in [0.29, 0.717) is 18.8 Å². The van der Waals surface area contributed by atoms with Gasteiger partial charge in [-0.15, -0.1) is 0 Å². The Morgan fingerprint density at radius 3 is 2.65 bits per heavy atom. The van der Waals surface area contributed by atoms with Gasteiger partial charge in [-0.2, -0.15) is 0 Å². The van der Waals surface area contributed by atoms with Gasteiger partial charge < -0.3 is 4.74 Å². The van der Waals surface area contributed by atoms with Crippen LogP contribution >= 0.6 is 15.9 Å². The van der Waals surface area contributed by atoms with E-state index in [2.05, 4.69) is 29.8 Å². The fraction of sp³-hybridized carbons (Fsp3) is 0.810. The third kappa shape index (κ3) is 2.28. The number of rotatable bonds is 1. The normalized spacial score (nSPS) is 50.3. The summed E-state index contributed by atoms with van der Waals surface area (Å²) in [6.07, 6.45) is 5.79. The molecule has 3 nitrogen and oxygen atoms in total. The summed E-state index contributed by atoms with van der Waals surface area (Å²) in [5.74, 6) is 0.454. The van der Waals surface area contributed by atoms with Gasteiger partial charge in [0.1, 0.15) is 12.3 Å². The number of esters is 1. The van der Waals surface area contributed by atoms with Crippen molar-refractivity contribution < 1.29 is 18.7 Å². The molecule has 0 heterocycles. The molecule has 144 valence electrons. The monoisotopic (exact) mass is 426 g/mol. The van der Waals surface area contributed by atoms with Crippen LogP contribution in [0.5, 0.6) is 0 Å². The van der Waals surface area contributed by atoms with E-state index in [4.69, 9.17) is 4.74 Å². The number of halogens is 2. The van der Waals surface area contributed by atoms with E-state index in [1.807, 2.05) is 0 Å². The maximum Gasteiger partial charge on any atom is 0.302 e. The first-order valence-electron chi connectivity index (χ1n) is 9.87. The van der Waals surface area contributed by atoms with Gasteiger partial charge in [0.25, 0.3) is 0 Å². The molecule has 4 aliphatic carbocycles. The molecule has 3 fully saturated rings. The van der Waals surface area contributed by atoms with Crippen LogP contribution in [0.4, 0.5) is 4.39 Å². The number of fused-ring (bicyclic) bond motifs is 5. The summed E-state index contributed by atoms with van der Waals surface area (Å²) in [4.78, 5) is 23.5. The van der Waals surface area contributed by atoms with E-state index < -0.39 is 10.5 Å². The molecule has 26 heavy (non-hydrogen) atoms. The first-order valence-corrected chi connectivity index (χ1v) is 10.7. The van der Waals surface area contributed by atoms with Crippen molar-refractivity contribution in [1.82, 2.24) is 0 Å². The van der Waals surface area contributed by atoms with Crippen LogP contribution in [0.15, 0.2) is 11.6 Å². The molecule has 0 aromatic heterocycles. The Kier molecular flexibility index (Phi) is 4.22. The van der Waals surface area contributed by atoms with Crippen LogP contribution < -0.4 is 0 Å². The minimum absolute atomic E-state index is 0.180. The van der Waals surface area contributed by atoms with Gasteiger partial charge in [-0.05, 0) is 56.4 Å². The fourth-order valence-corrected chi connectivity index (χ4v) is 8.01. The number of hydrogen-bond donors (Lipinski definition) is 0. The standard InChI is InChI=1S/C21H28BrFO3/c1-12(24)26-18-7-6-15-16-5-4-13-10-14(25)8-9-20(13,3)21(16,22)17(23)11-19(15,18)2/h10,15-18H,4-9,11H2,1-3H3/t15-,16-,17-,18-,19-,20-,21-/m0/s1. The van der Waals surface area contributed by atoms with Crippen molar-refractivity contribution >= 4 is 27.7 Å². The van der Waals surface area contributed by atoms with Gasteiger partial charge in [-0.25, -0.2) is 4.39 Å². The SMILES string of the molecule is CC(=O)O[C@H]1CC[C@H]2[C@@H]3CCC4=CC(=O)CC[C@]4(C)[C@@]3(Br)[C@@H](F)C[C@]12C. The van der Waals surface area contributed by atoms with Gasteiger partial charge >= 0.3 is 5.97 Å². The molecule has 0 aromatic rings. The van der Waals surface area contributed by atoms with Gasteiger partial charge in [0.15, 0.2) is 5.78 Å². The molecule has 0 bridgehead atoms. The first kappa shape index (κ1) is 18.6. The molecule has 0 N–H and O–H groups in total. The predicted molar refractivity (Wildman–Crippen MR) is 101 cm³/mol. The molecule has 0 aromatic carbocycles. The van der Waals surface area contributed by atoms with Crippen LogP contribution in [0, 0.1) is 22.7 Å². The van der Waals surface area contributed by atoms with Gasteiger partial charge in [-0.3, -0.25) is 9.59 Å². The lowest BCUT2D eigenvalue weighted by atomic mass is 9.46. The summed E-state index contributed by atoms with van der Waals surface area (Å²) < 4.78 is 20.9. The minimum Gasteiger partial charge on any atom is -0.462 e. The van der Waals surface area contributed by atoms with Crippen LogP contribution in [0.2, 0.25) is 0 Å². The molecule has 7 atom stereocenters. The Morgan fingerprint density at radius 2 is 1.96 bits per heavy atom. The van der Waals surface area contributed by atoms with E-state index in [9.17, 15) is 9.59 Å². The van der Waals surface area contributed by atoms with E-state index in [0.717, 1.165) is 37.7 Å². The smallest absolute Gasteiger partial charge is 0.302 e. The van der Waals surface area contributed by atoms with E-state index in [-0.39, 0.29) is 34.6 Å². The van der Waals surface area contributed by atoms with Crippen molar-refractivity contribution in [3.05, 3.63) is 11.6 Å². The Balaban J connectivity index is 1.74. The summed E-state index contributed by atoms with van der Waals surface area (Å²) in [6.45, 7) is 5.72. The number of hydrogen-bond acceptors (Lipinski definition) is 3. The Labute approximate surface area is 163 Å². The second-order valence-corrected chi connectivity index (χ2v) is 10.7. The Morgan fingerprint density at radius 1 is 1.23 bits per heavy atom. The predicted octanol–water partition coefficient (Wildman–Crippen LogP) is 4.92. The highest BCUT2D eigenvalue weighted by Gasteiger charge is 2.70. The number of ether oxygens (including phenoxy) is 1. The second-order valence-electron chi connectivity index (χ2n) is 9.34. The molecule has 0 spiro atoms. The number of alkyl halides is 2. The van der Waals surface area contributed by atoms with E-state index in [1.165, 1.54) is 6.92 Å². The zero-order valence-electron chi connectivity index (χ0n) is 15.8. The summed E-state index contributed by atoms with van der Waals surface area (Å²) in [7, 11) is 0. The molecule has 0 aliphatic heterocycles. The fourth-order valence-electron chi connectivity index (χ4n) is 6.85. The molecular weight excluding hydrogens is 399 g/mol. The highest BCUT2D eigenvalue weighted by atomic mass is 79.9. The Bertz CT molecular complexity index is 691. The second kappa shape index (κ2) is 5.89. The van der Waals surface area contributed by atoms with Crippen LogP contribution in [0.25, 0.3) is 0 Å². The highest BCUT2D eigenvalue weighted by Crippen LogP contribution is 2.70. The zero-order chi connectivity index (χ0) is 18.9. The molecule has 0 amide bonds. The van der Waals surface area contributed by atoms with Crippen LogP contribution in [0.3, 0.4) is 0 Å². The van der Waals surface area contributed by atoms with Crippen LogP contribution in [-0.4, -0.2) is 28.4 Å². The number of allylic oxidation sites excluding steroid dienone is 1. The molecular formula is C21H28BrFO3. The van der Waals surface area contributed by atoms with Gasteiger partial charge in [0.2, 0.25) is 0 Å². The van der Waals surface area contributed by atoms with Gasteiger partial charge in [0.05, 0.1) is 4.32 Å². The number of ketones is 1. The molecule has 4 rings (SSSR count). The quantitative estimate of drug-likeness (QED) is 0.441. The van der Waals surface area contributed by atoms with Crippen molar-refractivity contribution in [2.75, 3.05) is 0 Å². The van der Waals surface area contributed by atoms with Gasteiger partial charge in [0, 0.05) is 24.2 Å². The average Bonchev–Trinajstić information content (AvgIpc) is 2.86. The first-order chi connectivity index (χ1) is 12.1. The third-order valence-corrected chi connectivity index (χ3v) is 10.2. The lowest BCUT2D eigenvalue weighted by Gasteiger charge is -2.63. The molecule has 4 aliphatic rings. The topological polar surface area (TPSA) is 43.4 Å². The van der Waals surface area contributed by atoms with Crippen molar-refractivity contribution in [3.8, 4) is 0 Å². The average molecular weight is 427 g/mol. The molecule has 0 radical (unpaired) electrons. The number of carbonyl (C=O) groups is 2. The van der Waals surface area contributed by atoms with E-state index in [1.54, 1.807) is 6.08 Å². The summed E-state index contributed by atoms with van der Waals surface area (Å²) >= 11 is 3.95. The van der Waals surface area contributed by atoms with Crippen molar-refractivity contribution in [1.29, 1.82) is 0 Å². The third-order valence-electron chi connectivity index (χ3n) is 8.22. The molecule has 0 unspecified atom stereocenters. The Hall–Kier alpha value is -0.710. The largest absolute Gasteiger partial charge is 0.462 e. The van der Waals surface area contributed by atoms with Gasteiger partial charge in [-0.1, -0.05) is 35.4 Å². The van der Waals surface area contributed by atoms with E-state index >= 15 is 4.39 Å². The molecule has 5 heteroatoms. The lowest BCUT2D eigenvalue weighted by Crippen LogP contribution is -2.65. The zero-order valence-corrected chi connectivity index (χ0v) is 17.4. The maximum absolute atomic E-state index is 15.9. The van der Waals surface area contributed by atoms with Crippen LogP contribution in [0.1, 0.15) is 65.7 Å². The van der Waals surface area contributed by atoms with Crippen LogP contribution in [-0.2, 0) is 14.3 Å². The van der Waals surface area contributed by atoms with Crippen molar-refractivity contribution in [3.63, 3.8) is 0 Å². The van der Waals surface area contributed by atoms with Crippen molar-refractivity contribution in [2.45, 2.75) is 82.3 Å². The number of carbonyl (C=O) groups excluding carboxylic acids is 2. The molecule has 0 saturated heterocycles.